The molecule has 0 aliphatic heterocycles. The van der Waals surface area contributed by atoms with Crippen LogP contribution in [-0.4, -0.2) is 9.97 Å². The average Bonchev–Trinajstić information content (AvgIpc) is 2.39. The van der Waals surface area contributed by atoms with Crippen molar-refractivity contribution in [3.63, 3.8) is 0 Å². The maximum absolute atomic E-state index is 5.73. The van der Waals surface area contributed by atoms with Crippen molar-refractivity contribution in [2.45, 2.75) is 6.92 Å². The van der Waals surface area contributed by atoms with E-state index >= 15 is 0 Å². The van der Waals surface area contributed by atoms with Gasteiger partial charge < -0.3 is 4.98 Å². The molecule has 0 saturated heterocycles. The molecule has 2 rings (SSSR count). The van der Waals surface area contributed by atoms with E-state index in [9.17, 15) is 0 Å². The standard InChI is InChI=1S/C8H6BrClN2/c1-4-5(9)2-3-6-7(4)12-8(10)11-6/h2-3H,1H3,(H,11,12). The number of fused-ring (bicyclic) bond motifs is 1. The van der Waals surface area contributed by atoms with Gasteiger partial charge in [0.2, 0.25) is 5.28 Å². The topological polar surface area (TPSA) is 28.7 Å². The van der Waals surface area contributed by atoms with Crippen molar-refractivity contribution >= 4 is 38.6 Å². The molecular formula is C8H6BrClN2. The Morgan fingerprint density at radius 1 is 1.50 bits per heavy atom. The summed E-state index contributed by atoms with van der Waals surface area (Å²) in [5.74, 6) is 0. The van der Waals surface area contributed by atoms with Crippen LogP contribution in [0, 0.1) is 6.92 Å². The van der Waals surface area contributed by atoms with Gasteiger partial charge in [-0.25, -0.2) is 4.98 Å². The molecule has 0 aliphatic carbocycles. The summed E-state index contributed by atoms with van der Waals surface area (Å²) >= 11 is 9.15. The van der Waals surface area contributed by atoms with Crippen LogP contribution in [0.1, 0.15) is 5.56 Å². The second kappa shape index (κ2) is 2.75. The summed E-state index contributed by atoms with van der Waals surface area (Å²) in [6.07, 6.45) is 0. The summed E-state index contributed by atoms with van der Waals surface area (Å²) in [4.78, 5) is 7.11. The molecule has 0 saturated carbocycles. The molecule has 2 nitrogen and oxygen atoms in total. The number of hydrogen-bond acceptors (Lipinski definition) is 1. The molecule has 0 aliphatic rings. The number of benzene rings is 1. The van der Waals surface area contributed by atoms with E-state index in [0.29, 0.717) is 5.28 Å². The van der Waals surface area contributed by atoms with E-state index in [0.717, 1.165) is 21.1 Å². The number of imidazole rings is 1. The van der Waals surface area contributed by atoms with Crippen molar-refractivity contribution in [2.24, 2.45) is 0 Å². The Morgan fingerprint density at radius 3 is 3.00 bits per heavy atom. The van der Waals surface area contributed by atoms with Crippen molar-refractivity contribution in [1.82, 2.24) is 9.97 Å². The third kappa shape index (κ3) is 1.13. The summed E-state index contributed by atoms with van der Waals surface area (Å²) in [6, 6.07) is 3.93. The van der Waals surface area contributed by atoms with E-state index in [1.165, 1.54) is 0 Å². The van der Waals surface area contributed by atoms with Crippen LogP contribution >= 0.6 is 27.5 Å². The number of nitrogens with one attached hydrogen (secondary N) is 1. The fourth-order valence-corrected chi connectivity index (χ4v) is 1.66. The Bertz CT molecular complexity index is 436. The summed E-state index contributed by atoms with van der Waals surface area (Å²) in [7, 11) is 0. The Kier molecular flexibility index (Phi) is 1.85. The molecule has 0 bridgehead atoms. The molecule has 12 heavy (non-hydrogen) atoms. The summed E-state index contributed by atoms with van der Waals surface area (Å²) in [5.41, 5.74) is 3.01. The fraction of sp³-hybridized carbons (Fsp3) is 0.125. The van der Waals surface area contributed by atoms with Crippen molar-refractivity contribution < 1.29 is 0 Å². The lowest BCUT2D eigenvalue weighted by molar-refractivity contribution is 1.33. The summed E-state index contributed by atoms with van der Waals surface area (Å²) in [6.45, 7) is 2.00. The normalized spacial score (nSPS) is 10.9. The number of aromatic nitrogens is 2. The van der Waals surface area contributed by atoms with Crippen molar-refractivity contribution in [1.29, 1.82) is 0 Å². The van der Waals surface area contributed by atoms with Gasteiger partial charge in [0.15, 0.2) is 0 Å². The largest absolute Gasteiger partial charge is 0.329 e. The highest BCUT2D eigenvalue weighted by Crippen LogP contribution is 2.24. The maximum Gasteiger partial charge on any atom is 0.201 e. The van der Waals surface area contributed by atoms with Gasteiger partial charge in [0.05, 0.1) is 11.0 Å². The van der Waals surface area contributed by atoms with E-state index in [4.69, 9.17) is 11.6 Å². The van der Waals surface area contributed by atoms with Crippen LogP contribution in [0.4, 0.5) is 0 Å². The van der Waals surface area contributed by atoms with E-state index in [-0.39, 0.29) is 0 Å². The average molecular weight is 246 g/mol. The zero-order chi connectivity index (χ0) is 8.72. The molecule has 0 radical (unpaired) electrons. The molecule has 0 atom stereocenters. The van der Waals surface area contributed by atoms with Crippen LogP contribution < -0.4 is 0 Å². The first-order chi connectivity index (χ1) is 5.68. The first-order valence-electron chi connectivity index (χ1n) is 3.49. The molecule has 0 unspecified atom stereocenters. The van der Waals surface area contributed by atoms with E-state index in [1.807, 2.05) is 19.1 Å². The maximum atomic E-state index is 5.73. The van der Waals surface area contributed by atoms with Crippen LogP contribution in [0.3, 0.4) is 0 Å². The zero-order valence-electron chi connectivity index (χ0n) is 6.36. The highest BCUT2D eigenvalue weighted by molar-refractivity contribution is 9.10. The quantitative estimate of drug-likeness (QED) is 0.758. The predicted molar refractivity (Wildman–Crippen MR) is 53.5 cm³/mol. The SMILES string of the molecule is Cc1c(Br)ccc2[nH]c(Cl)nc12. The zero-order valence-corrected chi connectivity index (χ0v) is 8.70. The molecule has 2 aromatic rings. The molecule has 1 aromatic carbocycles. The van der Waals surface area contributed by atoms with Crippen LogP contribution in [0.15, 0.2) is 16.6 Å². The first-order valence-corrected chi connectivity index (χ1v) is 4.66. The van der Waals surface area contributed by atoms with Crippen LogP contribution in [0.5, 0.6) is 0 Å². The molecule has 4 heteroatoms. The molecule has 0 spiro atoms. The smallest absolute Gasteiger partial charge is 0.201 e. The van der Waals surface area contributed by atoms with Crippen LogP contribution in [0.25, 0.3) is 11.0 Å². The Labute approximate surface area is 83.1 Å². The van der Waals surface area contributed by atoms with E-state index in [2.05, 4.69) is 25.9 Å². The van der Waals surface area contributed by atoms with Crippen molar-refractivity contribution in [3.05, 3.63) is 27.5 Å². The van der Waals surface area contributed by atoms with Gasteiger partial charge >= 0.3 is 0 Å². The first kappa shape index (κ1) is 8.08. The van der Waals surface area contributed by atoms with Gasteiger partial charge in [0.1, 0.15) is 0 Å². The lowest BCUT2D eigenvalue weighted by atomic mass is 10.2. The minimum absolute atomic E-state index is 0.436. The highest BCUT2D eigenvalue weighted by Gasteiger charge is 2.05. The van der Waals surface area contributed by atoms with Crippen molar-refractivity contribution in [3.8, 4) is 0 Å². The van der Waals surface area contributed by atoms with Crippen LogP contribution in [0.2, 0.25) is 5.28 Å². The lowest BCUT2D eigenvalue weighted by Crippen LogP contribution is -1.77. The third-order valence-electron chi connectivity index (χ3n) is 1.81. The van der Waals surface area contributed by atoms with E-state index < -0.39 is 0 Å². The number of rotatable bonds is 0. The summed E-state index contributed by atoms with van der Waals surface area (Å²) < 4.78 is 1.05. The van der Waals surface area contributed by atoms with Gasteiger partial charge in [0, 0.05) is 4.47 Å². The summed E-state index contributed by atoms with van der Waals surface area (Å²) in [5, 5.41) is 0.436. The molecule has 1 heterocycles. The predicted octanol–water partition coefficient (Wildman–Crippen LogP) is 3.29. The number of hydrogen-bond donors (Lipinski definition) is 1. The van der Waals surface area contributed by atoms with Gasteiger partial charge in [0.25, 0.3) is 0 Å². The van der Waals surface area contributed by atoms with Crippen molar-refractivity contribution in [2.75, 3.05) is 0 Å². The Hall–Kier alpha value is -0.540. The van der Waals surface area contributed by atoms with Gasteiger partial charge in [-0.3, -0.25) is 0 Å². The van der Waals surface area contributed by atoms with E-state index in [1.54, 1.807) is 0 Å². The number of halogens is 2. The molecule has 1 aromatic heterocycles. The second-order valence-corrected chi connectivity index (χ2v) is 3.81. The number of nitrogens with zero attached hydrogens (tertiary/aromatic N) is 1. The molecule has 0 fully saturated rings. The van der Waals surface area contributed by atoms with Gasteiger partial charge in [-0.15, -0.1) is 0 Å². The highest BCUT2D eigenvalue weighted by atomic mass is 79.9. The number of aryl methyl sites for hydroxylation is 1. The Balaban J connectivity index is 2.89. The minimum atomic E-state index is 0.436. The molecular weight excluding hydrogens is 239 g/mol. The second-order valence-electron chi connectivity index (χ2n) is 2.60. The van der Waals surface area contributed by atoms with Crippen LogP contribution in [-0.2, 0) is 0 Å². The molecule has 1 N–H and O–H groups in total. The lowest BCUT2D eigenvalue weighted by Gasteiger charge is -1.96. The van der Waals surface area contributed by atoms with Gasteiger partial charge in [-0.05, 0) is 36.2 Å². The Morgan fingerprint density at radius 2 is 2.25 bits per heavy atom. The third-order valence-corrected chi connectivity index (χ3v) is 2.85. The minimum Gasteiger partial charge on any atom is -0.329 e. The monoisotopic (exact) mass is 244 g/mol. The number of H-pyrrole nitrogens is 1. The van der Waals surface area contributed by atoms with Gasteiger partial charge in [-0.1, -0.05) is 15.9 Å². The molecule has 0 amide bonds. The number of aromatic amines is 1. The fourth-order valence-electron chi connectivity index (χ4n) is 1.16. The van der Waals surface area contributed by atoms with Gasteiger partial charge in [-0.2, -0.15) is 0 Å². The molecule has 62 valence electrons.